The number of carboxylic acid groups (broad SMARTS) is 1. The van der Waals surface area contributed by atoms with Crippen LogP contribution >= 0.6 is 0 Å². The molecule has 0 amide bonds. The number of carbonyl (C=O) groups is 1. The number of rotatable bonds is 1. The molecule has 0 atom stereocenters. The van der Waals surface area contributed by atoms with Gasteiger partial charge in [-0.15, -0.1) is 0 Å². The number of nitrogens with zero attached hydrogens (tertiary/aromatic N) is 1. The highest BCUT2D eigenvalue weighted by Gasteiger charge is 2.17. The zero-order valence-corrected chi connectivity index (χ0v) is 6.71. The minimum Gasteiger partial charge on any atom is -0.476 e. The van der Waals surface area contributed by atoms with Crippen LogP contribution in [0.1, 0.15) is 10.5 Å². The Kier molecular flexibility index (Phi) is 1.70. The minimum absolute atomic E-state index is 0.0277. The van der Waals surface area contributed by atoms with Gasteiger partial charge in [-0.3, -0.25) is 5.10 Å². The van der Waals surface area contributed by atoms with E-state index >= 15 is 0 Å². The third kappa shape index (κ3) is 1.12. The van der Waals surface area contributed by atoms with E-state index in [0.29, 0.717) is 6.07 Å². The van der Waals surface area contributed by atoms with Gasteiger partial charge in [0.05, 0.1) is 10.9 Å². The van der Waals surface area contributed by atoms with Crippen LogP contribution in [0.25, 0.3) is 10.9 Å². The van der Waals surface area contributed by atoms with E-state index in [9.17, 15) is 13.6 Å². The van der Waals surface area contributed by atoms with Crippen LogP contribution in [0, 0.1) is 11.6 Å². The topological polar surface area (TPSA) is 66.0 Å². The minimum atomic E-state index is -1.36. The Balaban J connectivity index is 2.85. The molecule has 0 saturated heterocycles. The van der Waals surface area contributed by atoms with Crippen LogP contribution in [0.2, 0.25) is 0 Å². The molecule has 0 aliphatic carbocycles. The van der Waals surface area contributed by atoms with Crippen LogP contribution < -0.4 is 0 Å². The number of benzene rings is 1. The molecule has 1 aromatic carbocycles. The van der Waals surface area contributed by atoms with E-state index in [1.807, 2.05) is 0 Å². The largest absolute Gasteiger partial charge is 0.476 e. The zero-order valence-electron chi connectivity index (χ0n) is 6.71. The average molecular weight is 198 g/mol. The summed E-state index contributed by atoms with van der Waals surface area (Å²) in [6.45, 7) is 0. The van der Waals surface area contributed by atoms with Gasteiger partial charge in [-0.05, 0) is 6.07 Å². The summed E-state index contributed by atoms with van der Waals surface area (Å²) in [4.78, 5) is 10.6. The number of hydrogen-bond donors (Lipinski definition) is 2. The fourth-order valence-electron chi connectivity index (χ4n) is 1.23. The van der Waals surface area contributed by atoms with Crippen LogP contribution in [-0.2, 0) is 0 Å². The highest BCUT2D eigenvalue weighted by atomic mass is 19.1. The van der Waals surface area contributed by atoms with Crippen LogP contribution in [-0.4, -0.2) is 21.3 Å². The van der Waals surface area contributed by atoms with Crippen LogP contribution in [0.3, 0.4) is 0 Å². The van der Waals surface area contributed by atoms with Crippen molar-refractivity contribution in [2.75, 3.05) is 0 Å². The molecule has 2 rings (SSSR count). The standard InChI is InChI=1S/C8H4F2N2O2/c9-3-1-4(10)6-5(2-3)11-12-7(6)8(13)14/h1-2H,(H,11,12)(H,13,14). The van der Waals surface area contributed by atoms with E-state index in [1.54, 1.807) is 0 Å². The maximum atomic E-state index is 13.1. The molecule has 2 aromatic rings. The van der Waals surface area contributed by atoms with Crippen LogP contribution in [0.4, 0.5) is 8.78 Å². The summed E-state index contributed by atoms with van der Waals surface area (Å²) in [7, 11) is 0. The summed E-state index contributed by atoms with van der Waals surface area (Å²) < 4.78 is 25.8. The van der Waals surface area contributed by atoms with Gasteiger partial charge in [0.15, 0.2) is 5.69 Å². The van der Waals surface area contributed by atoms with Crippen molar-refractivity contribution in [2.45, 2.75) is 0 Å². The number of nitrogens with one attached hydrogen (secondary N) is 1. The van der Waals surface area contributed by atoms with Crippen molar-refractivity contribution in [3.63, 3.8) is 0 Å². The van der Waals surface area contributed by atoms with Gasteiger partial charge in [0.1, 0.15) is 11.6 Å². The van der Waals surface area contributed by atoms with Gasteiger partial charge >= 0.3 is 5.97 Å². The van der Waals surface area contributed by atoms with Gasteiger partial charge in [0.25, 0.3) is 0 Å². The van der Waals surface area contributed by atoms with E-state index in [0.717, 1.165) is 6.07 Å². The number of aromatic nitrogens is 2. The van der Waals surface area contributed by atoms with E-state index in [2.05, 4.69) is 10.2 Å². The average Bonchev–Trinajstić information content (AvgIpc) is 2.47. The molecule has 0 unspecified atom stereocenters. The third-order valence-corrected chi connectivity index (χ3v) is 1.78. The maximum Gasteiger partial charge on any atom is 0.357 e. The fraction of sp³-hybridized carbons (Fsp3) is 0. The highest BCUT2D eigenvalue weighted by Crippen LogP contribution is 2.20. The molecule has 0 spiro atoms. The van der Waals surface area contributed by atoms with Crippen LogP contribution in [0.15, 0.2) is 12.1 Å². The van der Waals surface area contributed by atoms with Gasteiger partial charge in [-0.1, -0.05) is 0 Å². The molecule has 0 aliphatic rings. The number of halogens is 2. The predicted octanol–water partition coefficient (Wildman–Crippen LogP) is 1.54. The number of fused-ring (bicyclic) bond motifs is 1. The molecule has 0 saturated carbocycles. The van der Waals surface area contributed by atoms with Crippen molar-refractivity contribution in [1.29, 1.82) is 0 Å². The van der Waals surface area contributed by atoms with E-state index in [4.69, 9.17) is 5.11 Å². The molecule has 0 fully saturated rings. The lowest BCUT2D eigenvalue weighted by Gasteiger charge is -1.93. The SMILES string of the molecule is O=C(O)c1n[nH]c2cc(F)cc(F)c12. The molecular weight excluding hydrogens is 194 g/mol. The monoisotopic (exact) mass is 198 g/mol. The summed E-state index contributed by atoms with van der Waals surface area (Å²) in [6.07, 6.45) is 0. The Morgan fingerprint density at radius 1 is 1.43 bits per heavy atom. The van der Waals surface area contributed by atoms with Gasteiger partial charge in [0, 0.05) is 6.07 Å². The fourth-order valence-corrected chi connectivity index (χ4v) is 1.23. The Labute approximate surface area is 76.2 Å². The molecular formula is C8H4F2N2O2. The lowest BCUT2D eigenvalue weighted by atomic mass is 10.2. The predicted molar refractivity (Wildman–Crippen MR) is 43.0 cm³/mol. The Morgan fingerprint density at radius 3 is 2.79 bits per heavy atom. The first kappa shape index (κ1) is 8.61. The maximum absolute atomic E-state index is 13.1. The molecule has 4 nitrogen and oxygen atoms in total. The lowest BCUT2D eigenvalue weighted by molar-refractivity contribution is 0.0692. The first-order valence-corrected chi connectivity index (χ1v) is 3.66. The molecule has 0 aliphatic heterocycles. The van der Waals surface area contributed by atoms with Gasteiger partial charge in [-0.2, -0.15) is 5.10 Å². The second-order valence-electron chi connectivity index (χ2n) is 2.69. The Bertz CT molecular complexity index is 521. The molecule has 1 aromatic heterocycles. The number of aromatic amines is 1. The molecule has 72 valence electrons. The third-order valence-electron chi connectivity index (χ3n) is 1.78. The van der Waals surface area contributed by atoms with Crippen molar-refractivity contribution in [3.05, 3.63) is 29.5 Å². The Morgan fingerprint density at radius 2 is 2.14 bits per heavy atom. The normalized spacial score (nSPS) is 10.7. The number of carboxylic acids is 1. The van der Waals surface area contributed by atoms with Gasteiger partial charge < -0.3 is 5.11 Å². The summed E-state index contributed by atoms with van der Waals surface area (Å²) >= 11 is 0. The smallest absolute Gasteiger partial charge is 0.357 e. The van der Waals surface area contributed by atoms with E-state index in [-0.39, 0.29) is 10.9 Å². The van der Waals surface area contributed by atoms with Gasteiger partial charge in [0.2, 0.25) is 0 Å². The number of H-pyrrole nitrogens is 1. The molecule has 6 heteroatoms. The lowest BCUT2D eigenvalue weighted by Crippen LogP contribution is -1.98. The number of aromatic carboxylic acids is 1. The summed E-state index contributed by atoms with van der Waals surface area (Å²) in [5.41, 5.74) is -0.419. The molecule has 0 bridgehead atoms. The summed E-state index contributed by atoms with van der Waals surface area (Å²) in [5.74, 6) is -3.08. The molecule has 1 heterocycles. The number of hydrogen-bond acceptors (Lipinski definition) is 2. The Hall–Kier alpha value is -1.98. The quantitative estimate of drug-likeness (QED) is 0.730. The summed E-state index contributed by atoms with van der Waals surface area (Å²) in [6, 6.07) is 1.60. The van der Waals surface area contributed by atoms with E-state index < -0.39 is 23.3 Å². The second kappa shape index (κ2) is 2.76. The summed E-state index contributed by atoms with van der Waals surface area (Å²) in [5, 5.41) is 14.0. The first-order valence-electron chi connectivity index (χ1n) is 3.66. The molecule has 14 heavy (non-hydrogen) atoms. The zero-order chi connectivity index (χ0) is 10.3. The first-order chi connectivity index (χ1) is 6.59. The van der Waals surface area contributed by atoms with Crippen molar-refractivity contribution in [3.8, 4) is 0 Å². The van der Waals surface area contributed by atoms with E-state index in [1.165, 1.54) is 0 Å². The van der Waals surface area contributed by atoms with Crippen molar-refractivity contribution in [2.24, 2.45) is 0 Å². The highest BCUT2D eigenvalue weighted by molar-refractivity contribution is 6.01. The second-order valence-corrected chi connectivity index (χ2v) is 2.69. The van der Waals surface area contributed by atoms with Crippen molar-refractivity contribution in [1.82, 2.24) is 10.2 Å². The van der Waals surface area contributed by atoms with Crippen LogP contribution in [0.5, 0.6) is 0 Å². The van der Waals surface area contributed by atoms with Crippen molar-refractivity contribution >= 4 is 16.9 Å². The van der Waals surface area contributed by atoms with Gasteiger partial charge in [-0.25, -0.2) is 13.6 Å². The molecule has 2 N–H and O–H groups in total. The molecule has 0 radical (unpaired) electrons. The van der Waals surface area contributed by atoms with Crippen molar-refractivity contribution < 1.29 is 18.7 Å².